The number of aromatic nitrogens is 2. The maximum atomic E-state index is 13.0. The number of fused-ring (bicyclic) bond motifs is 1. The van der Waals surface area contributed by atoms with Crippen molar-refractivity contribution in [1.82, 2.24) is 19.8 Å². The number of rotatable bonds is 5. The van der Waals surface area contributed by atoms with Crippen LogP contribution in [0.3, 0.4) is 0 Å². The van der Waals surface area contributed by atoms with Crippen molar-refractivity contribution in [2.75, 3.05) is 19.6 Å². The fraction of sp³-hybridized carbons (Fsp3) is 0.478. The number of halogens is 3. The number of carbonyl (C=O) groups is 2. The lowest BCUT2D eigenvalue weighted by atomic mass is 10.1. The first kappa shape index (κ1) is 22.4. The summed E-state index contributed by atoms with van der Waals surface area (Å²) in [6.07, 6.45) is 1.10. The summed E-state index contributed by atoms with van der Waals surface area (Å²) in [4.78, 5) is 37.7. The maximum absolute atomic E-state index is 13.0. The molecule has 3 aliphatic rings. The van der Waals surface area contributed by atoms with Crippen molar-refractivity contribution in [3.63, 3.8) is 0 Å². The van der Waals surface area contributed by atoms with E-state index >= 15 is 0 Å². The standard InChI is InChI=1S/C23H23F3N4O4/c24-23(25,26)34-17-3-1-2-15(8-17)22(32)29-7-6-21(31)30-13-18(9-16(30)12-29)33-20-11-27-19(10-28-20)14-4-5-14/h1-3,8,10-11,14,16,18H,4-7,9,12-13H2/t16-,18+/m1/s1. The van der Waals surface area contributed by atoms with Gasteiger partial charge in [-0.1, -0.05) is 6.07 Å². The highest BCUT2D eigenvalue weighted by Crippen LogP contribution is 2.38. The molecule has 2 aromatic rings. The first-order valence-corrected chi connectivity index (χ1v) is 11.2. The lowest BCUT2D eigenvalue weighted by molar-refractivity contribution is -0.274. The van der Waals surface area contributed by atoms with Gasteiger partial charge in [-0.25, -0.2) is 4.98 Å². The van der Waals surface area contributed by atoms with Gasteiger partial charge in [0.25, 0.3) is 5.91 Å². The number of benzene rings is 1. The first-order valence-electron chi connectivity index (χ1n) is 11.2. The van der Waals surface area contributed by atoms with E-state index in [1.54, 1.807) is 17.3 Å². The molecule has 180 valence electrons. The number of ether oxygens (including phenoxy) is 2. The Morgan fingerprint density at radius 1 is 1.12 bits per heavy atom. The Labute approximate surface area is 193 Å². The fourth-order valence-corrected chi connectivity index (χ4v) is 4.50. The van der Waals surface area contributed by atoms with Gasteiger partial charge in [-0.2, -0.15) is 0 Å². The Hall–Kier alpha value is -3.37. The summed E-state index contributed by atoms with van der Waals surface area (Å²) in [6, 6.07) is 4.71. The summed E-state index contributed by atoms with van der Waals surface area (Å²) in [5, 5.41) is 0. The zero-order chi connectivity index (χ0) is 23.9. The van der Waals surface area contributed by atoms with Gasteiger partial charge in [0.15, 0.2) is 0 Å². The molecule has 0 spiro atoms. The largest absolute Gasteiger partial charge is 0.573 e. The van der Waals surface area contributed by atoms with Crippen molar-refractivity contribution in [1.29, 1.82) is 0 Å². The second-order valence-corrected chi connectivity index (χ2v) is 8.81. The minimum absolute atomic E-state index is 0.0690. The molecule has 0 radical (unpaired) electrons. The molecule has 3 heterocycles. The highest BCUT2D eigenvalue weighted by molar-refractivity contribution is 5.95. The minimum atomic E-state index is -4.85. The van der Waals surface area contributed by atoms with Crippen LogP contribution in [0.5, 0.6) is 11.6 Å². The van der Waals surface area contributed by atoms with Gasteiger partial charge >= 0.3 is 6.36 Å². The van der Waals surface area contributed by atoms with E-state index in [0.29, 0.717) is 24.8 Å². The average molecular weight is 476 g/mol. The van der Waals surface area contributed by atoms with Crippen LogP contribution in [0, 0.1) is 0 Å². The topological polar surface area (TPSA) is 84.9 Å². The van der Waals surface area contributed by atoms with E-state index in [9.17, 15) is 22.8 Å². The molecule has 0 bridgehead atoms. The van der Waals surface area contributed by atoms with Crippen LogP contribution >= 0.6 is 0 Å². The van der Waals surface area contributed by atoms with E-state index in [1.165, 1.54) is 17.0 Å². The molecule has 1 aliphatic carbocycles. The summed E-state index contributed by atoms with van der Waals surface area (Å²) in [5.74, 6) is -0.112. The van der Waals surface area contributed by atoms with E-state index in [4.69, 9.17) is 4.74 Å². The smallest absolute Gasteiger partial charge is 0.471 e. The lowest BCUT2D eigenvalue weighted by Crippen LogP contribution is -2.40. The van der Waals surface area contributed by atoms with Gasteiger partial charge in [0.05, 0.1) is 30.7 Å². The third-order valence-electron chi connectivity index (χ3n) is 6.26. The molecule has 34 heavy (non-hydrogen) atoms. The molecule has 1 aromatic carbocycles. The van der Waals surface area contributed by atoms with Crippen molar-refractivity contribution in [3.05, 3.63) is 47.9 Å². The molecule has 0 unspecified atom stereocenters. The van der Waals surface area contributed by atoms with E-state index in [-0.39, 0.29) is 43.1 Å². The fourth-order valence-electron chi connectivity index (χ4n) is 4.50. The second kappa shape index (κ2) is 8.77. The van der Waals surface area contributed by atoms with E-state index in [0.717, 1.165) is 30.7 Å². The van der Waals surface area contributed by atoms with Gasteiger partial charge in [-0.05, 0) is 31.0 Å². The van der Waals surface area contributed by atoms with Crippen LogP contribution in [0.15, 0.2) is 36.7 Å². The van der Waals surface area contributed by atoms with E-state index < -0.39 is 18.0 Å². The monoisotopic (exact) mass is 476 g/mol. The Morgan fingerprint density at radius 2 is 1.94 bits per heavy atom. The third-order valence-corrected chi connectivity index (χ3v) is 6.26. The Bertz CT molecular complexity index is 1070. The molecular formula is C23H23F3N4O4. The summed E-state index contributed by atoms with van der Waals surface area (Å²) in [7, 11) is 0. The third kappa shape index (κ3) is 5.07. The van der Waals surface area contributed by atoms with E-state index in [2.05, 4.69) is 14.7 Å². The summed E-state index contributed by atoms with van der Waals surface area (Å²) in [6.45, 7) is 0.836. The van der Waals surface area contributed by atoms with Gasteiger partial charge < -0.3 is 19.3 Å². The molecular weight excluding hydrogens is 453 g/mol. The van der Waals surface area contributed by atoms with Crippen molar-refractivity contribution >= 4 is 11.8 Å². The number of hydrogen-bond donors (Lipinski definition) is 0. The predicted molar refractivity (Wildman–Crippen MR) is 112 cm³/mol. The predicted octanol–water partition coefficient (Wildman–Crippen LogP) is 3.15. The maximum Gasteiger partial charge on any atom is 0.573 e. The second-order valence-electron chi connectivity index (χ2n) is 8.81. The van der Waals surface area contributed by atoms with Crippen LogP contribution < -0.4 is 9.47 Å². The summed E-state index contributed by atoms with van der Waals surface area (Å²) < 4.78 is 47.5. The normalized spacial score (nSPS) is 22.9. The van der Waals surface area contributed by atoms with Crippen molar-refractivity contribution in [3.8, 4) is 11.6 Å². The zero-order valence-electron chi connectivity index (χ0n) is 18.2. The average Bonchev–Trinajstić information content (AvgIpc) is 3.58. The zero-order valence-corrected chi connectivity index (χ0v) is 18.2. The van der Waals surface area contributed by atoms with Crippen molar-refractivity contribution in [2.45, 2.75) is 50.1 Å². The van der Waals surface area contributed by atoms with Gasteiger partial charge in [-0.15, -0.1) is 13.2 Å². The molecule has 2 saturated heterocycles. The molecule has 0 N–H and O–H groups in total. The highest BCUT2D eigenvalue weighted by Gasteiger charge is 2.40. The number of amides is 2. The SMILES string of the molecule is O=C(c1cccc(OC(F)(F)F)c1)N1CCC(=O)N2C[C@@H](Oc3cnc(C4CC4)cn3)C[C@@H]2C1. The van der Waals surface area contributed by atoms with Gasteiger partial charge in [0.2, 0.25) is 11.8 Å². The molecule has 1 aromatic heterocycles. The molecule has 2 amide bonds. The molecule has 8 nitrogen and oxygen atoms in total. The number of hydrogen-bond acceptors (Lipinski definition) is 6. The van der Waals surface area contributed by atoms with Crippen LogP contribution in [0.2, 0.25) is 0 Å². The highest BCUT2D eigenvalue weighted by atomic mass is 19.4. The van der Waals surface area contributed by atoms with Crippen LogP contribution in [0.1, 0.15) is 47.7 Å². The molecule has 3 fully saturated rings. The molecule has 11 heteroatoms. The minimum Gasteiger partial charge on any atom is -0.471 e. The number of alkyl halides is 3. The molecule has 5 rings (SSSR count). The van der Waals surface area contributed by atoms with Crippen molar-refractivity contribution in [2.24, 2.45) is 0 Å². The van der Waals surface area contributed by atoms with Crippen molar-refractivity contribution < 1.29 is 32.2 Å². The quantitative estimate of drug-likeness (QED) is 0.659. The Morgan fingerprint density at radius 3 is 2.65 bits per heavy atom. The first-order chi connectivity index (χ1) is 16.2. The Kier molecular flexibility index (Phi) is 5.78. The molecule has 2 aliphatic heterocycles. The molecule has 1 saturated carbocycles. The number of carbonyl (C=O) groups excluding carboxylic acids is 2. The van der Waals surface area contributed by atoms with Gasteiger partial charge in [-0.3, -0.25) is 14.6 Å². The van der Waals surface area contributed by atoms with Crippen LogP contribution in [-0.4, -0.2) is 69.7 Å². The van der Waals surface area contributed by atoms with Crippen LogP contribution in [0.4, 0.5) is 13.2 Å². The van der Waals surface area contributed by atoms with Gasteiger partial charge in [0, 0.05) is 37.4 Å². The molecule has 2 atom stereocenters. The van der Waals surface area contributed by atoms with Crippen LogP contribution in [0.25, 0.3) is 0 Å². The number of nitrogens with zero attached hydrogens (tertiary/aromatic N) is 4. The summed E-state index contributed by atoms with van der Waals surface area (Å²) in [5.41, 5.74) is 1.03. The van der Waals surface area contributed by atoms with Gasteiger partial charge in [0.1, 0.15) is 11.9 Å². The Balaban J connectivity index is 1.24. The van der Waals surface area contributed by atoms with E-state index in [1.807, 2.05) is 0 Å². The van der Waals surface area contributed by atoms with Crippen LogP contribution in [-0.2, 0) is 4.79 Å². The lowest BCUT2D eigenvalue weighted by Gasteiger charge is -2.25. The summed E-state index contributed by atoms with van der Waals surface area (Å²) >= 11 is 0.